The number of hydrogen-bond donors (Lipinski definition) is 1. The normalized spacial score (nSPS) is 11.1. The third kappa shape index (κ3) is 6.26. The molecule has 0 spiro atoms. The molecule has 1 amide bonds. The van der Waals surface area contributed by atoms with Crippen molar-refractivity contribution < 1.29 is 9.53 Å². The summed E-state index contributed by atoms with van der Waals surface area (Å²) in [5.41, 5.74) is 2.93. The molecule has 0 fully saturated rings. The summed E-state index contributed by atoms with van der Waals surface area (Å²) in [5.74, 6) is 0.142. The highest BCUT2D eigenvalue weighted by Gasteiger charge is 2.14. The molecule has 8 heteroatoms. The van der Waals surface area contributed by atoms with Crippen LogP contribution in [0.2, 0.25) is 10.0 Å². The summed E-state index contributed by atoms with van der Waals surface area (Å²) in [6.45, 7) is 2.16. The van der Waals surface area contributed by atoms with Gasteiger partial charge in [-0.05, 0) is 93.0 Å². The van der Waals surface area contributed by atoms with Gasteiger partial charge in [-0.25, -0.2) is 0 Å². The van der Waals surface area contributed by atoms with E-state index in [-0.39, 0.29) is 5.57 Å². The highest BCUT2D eigenvalue weighted by molar-refractivity contribution is 14.1. The van der Waals surface area contributed by atoms with Crippen LogP contribution in [0.25, 0.3) is 6.08 Å². The number of anilines is 1. The summed E-state index contributed by atoms with van der Waals surface area (Å²) in [7, 11) is 0. The maximum Gasteiger partial charge on any atom is 0.266 e. The number of halogens is 4. The van der Waals surface area contributed by atoms with Crippen molar-refractivity contribution in [1.29, 1.82) is 5.26 Å². The molecule has 162 valence electrons. The predicted octanol–water partition coefficient (Wildman–Crippen LogP) is 7.79. The minimum absolute atomic E-state index is 0.0307. The largest absolute Gasteiger partial charge is 0.487 e. The summed E-state index contributed by atoms with van der Waals surface area (Å²) < 4.78 is 7.47. The minimum Gasteiger partial charge on any atom is -0.487 e. The lowest BCUT2D eigenvalue weighted by Gasteiger charge is -2.12. The van der Waals surface area contributed by atoms with Crippen LogP contribution in [-0.2, 0) is 11.4 Å². The minimum atomic E-state index is -0.511. The lowest BCUT2D eigenvalue weighted by Crippen LogP contribution is -2.14. The molecule has 0 bridgehead atoms. The monoisotopic (exact) mass is 640 g/mol. The zero-order chi connectivity index (χ0) is 23.3. The van der Waals surface area contributed by atoms with Crippen LogP contribution in [0.15, 0.2) is 64.6 Å². The van der Waals surface area contributed by atoms with Gasteiger partial charge in [0.15, 0.2) is 0 Å². The Morgan fingerprint density at radius 2 is 1.97 bits per heavy atom. The number of nitriles is 1. The molecule has 0 unspecified atom stereocenters. The number of hydrogen-bond acceptors (Lipinski definition) is 3. The number of nitrogens with one attached hydrogen (secondary N) is 1. The summed E-state index contributed by atoms with van der Waals surface area (Å²) in [6.07, 6.45) is 1.53. The van der Waals surface area contributed by atoms with E-state index in [1.807, 2.05) is 43.3 Å². The zero-order valence-electron chi connectivity index (χ0n) is 16.8. The topological polar surface area (TPSA) is 62.1 Å². The van der Waals surface area contributed by atoms with Crippen LogP contribution >= 0.6 is 61.7 Å². The summed E-state index contributed by atoms with van der Waals surface area (Å²) >= 11 is 17.9. The molecule has 0 aromatic heterocycles. The van der Waals surface area contributed by atoms with Gasteiger partial charge in [-0.15, -0.1) is 0 Å². The summed E-state index contributed by atoms with van der Waals surface area (Å²) in [6, 6.07) is 18.3. The van der Waals surface area contributed by atoms with Gasteiger partial charge in [0.2, 0.25) is 0 Å². The van der Waals surface area contributed by atoms with Crippen molar-refractivity contribution in [3.05, 3.63) is 94.9 Å². The van der Waals surface area contributed by atoms with E-state index in [4.69, 9.17) is 27.9 Å². The van der Waals surface area contributed by atoms with Gasteiger partial charge in [0.25, 0.3) is 5.91 Å². The van der Waals surface area contributed by atoms with Crippen LogP contribution in [0.3, 0.4) is 0 Å². The number of carbonyl (C=O) groups excluding carboxylic acids is 1. The molecule has 0 aliphatic carbocycles. The first kappa shape index (κ1) is 24.6. The second kappa shape index (κ2) is 11.2. The smallest absolute Gasteiger partial charge is 0.266 e. The Balaban J connectivity index is 1.80. The molecule has 0 aliphatic heterocycles. The SMILES string of the molecule is Cc1ccc(Cl)cc1NC(=O)/C(C#N)=C/c1cc(Br)c(OCc2ccccc2Cl)c(I)c1. The molecule has 1 N–H and O–H groups in total. The fourth-order valence-corrected chi connectivity index (χ4v) is 4.93. The van der Waals surface area contributed by atoms with E-state index in [0.717, 1.165) is 14.7 Å². The molecule has 32 heavy (non-hydrogen) atoms. The van der Waals surface area contributed by atoms with Gasteiger partial charge in [0.1, 0.15) is 24.0 Å². The van der Waals surface area contributed by atoms with E-state index in [1.54, 1.807) is 24.3 Å². The number of amides is 1. The van der Waals surface area contributed by atoms with E-state index in [2.05, 4.69) is 43.8 Å². The average Bonchev–Trinajstić information content (AvgIpc) is 2.75. The van der Waals surface area contributed by atoms with Crippen molar-refractivity contribution in [1.82, 2.24) is 0 Å². The predicted molar refractivity (Wildman–Crippen MR) is 141 cm³/mol. The van der Waals surface area contributed by atoms with E-state index in [0.29, 0.717) is 38.1 Å². The van der Waals surface area contributed by atoms with Crippen molar-refractivity contribution in [2.45, 2.75) is 13.5 Å². The number of benzene rings is 3. The Hall–Kier alpha value is -2.05. The lowest BCUT2D eigenvalue weighted by atomic mass is 10.1. The van der Waals surface area contributed by atoms with Crippen molar-refractivity contribution in [3.8, 4) is 11.8 Å². The number of nitrogens with zero attached hydrogens (tertiary/aromatic N) is 1. The van der Waals surface area contributed by atoms with Crippen LogP contribution in [0, 0.1) is 21.8 Å². The first-order valence-electron chi connectivity index (χ1n) is 9.33. The quantitative estimate of drug-likeness (QED) is 0.170. The molecule has 0 saturated heterocycles. The molecule has 3 rings (SSSR count). The van der Waals surface area contributed by atoms with Crippen LogP contribution in [0.4, 0.5) is 5.69 Å². The standard InChI is InChI=1S/C24H16BrCl2IN2O2/c1-14-6-7-18(26)11-22(14)30-24(31)17(12-29)8-15-9-19(25)23(21(28)10-15)32-13-16-4-2-3-5-20(16)27/h2-11H,13H2,1H3,(H,30,31)/b17-8+. The molecule has 0 aliphatic rings. The van der Waals surface area contributed by atoms with E-state index in [9.17, 15) is 10.1 Å². The van der Waals surface area contributed by atoms with Gasteiger partial charge in [0.05, 0.1) is 8.04 Å². The number of carbonyl (C=O) groups is 1. The molecular weight excluding hydrogens is 626 g/mol. The van der Waals surface area contributed by atoms with Crippen LogP contribution in [0.1, 0.15) is 16.7 Å². The maximum atomic E-state index is 12.6. The number of ether oxygens (including phenoxy) is 1. The second-order valence-corrected chi connectivity index (χ2v) is 9.64. The fraction of sp³-hybridized carbons (Fsp3) is 0.0833. The third-order valence-corrected chi connectivity index (χ3v) is 6.47. The summed E-state index contributed by atoms with van der Waals surface area (Å²) in [4.78, 5) is 12.6. The third-order valence-electron chi connectivity index (χ3n) is 4.47. The Labute approximate surface area is 218 Å². The highest BCUT2D eigenvalue weighted by atomic mass is 127. The maximum absolute atomic E-state index is 12.6. The van der Waals surface area contributed by atoms with Gasteiger partial charge in [-0.3, -0.25) is 4.79 Å². The van der Waals surface area contributed by atoms with Crippen LogP contribution < -0.4 is 10.1 Å². The number of rotatable bonds is 6. The fourth-order valence-electron chi connectivity index (χ4n) is 2.80. The molecule has 0 saturated carbocycles. The molecular formula is C24H16BrCl2IN2O2. The zero-order valence-corrected chi connectivity index (χ0v) is 22.0. The Bertz CT molecular complexity index is 1230. The first-order valence-corrected chi connectivity index (χ1v) is 12.0. The Morgan fingerprint density at radius 1 is 1.22 bits per heavy atom. The molecule has 4 nitrogen and oxygen atoms in total. The van der Waals surface area contributed by atoms with Crippen molar-refractivity contribution in [2.75, 3.05) is 5.32 Å². The van der Waals surface area contributed by atoms with Gasteiger partial charge >= 0.3 is 0 Å². The first-order chi connectivity index (χ1) is 15.3. The van der Waals surface area contributed by atoms with Crippen molar-refractivity contribution in [2.24, 2.45) is 0 Å². The van der Waals surface area contributed by atoms with Gasteiger partial charge in [-0.2, -0.15) is 5.26 Å². The molecule has 3 aromatic rings. The van der Waals surface area contributed by atoms with Crippen molar-refractivity contribution in [3.63, 3.8) is 0 Å². The second-order valence-electron chi connectivity index (χ2n) is 6.78. The summed E-state index contributed by atoms with van der Waals surface area (Å²) in [5, 5.41) is 13.4. The van der Waals surface area contributed by atoms with Gasteiger partial charge in [0, 0.05) is 21.3 Å². The van der Waals surface area contributed by atoms with Crippen LogP contribution in [-0.4, -0.2) is 5.91 Å². The van der Waals surface area contributed by atoms with E-state index >= 15 is 0 Å². The van der Waals surface area contributed by atoms with Crippen LogP contribution in [0.5, 0.6) is 5.75 Å². The van der Waals surface area contributed by atoms with Gasteiger partial charge < -0.3 is 10.1 Å². The number of aryl methyl sites for hydroxylation is 1. The van der Waals surface area contributed by atoms with Gasteiger partial charge in [-0.1, -0.05) is 47.5 Å². The van der Waals surface area contributed by atoms with E-state index in [1.165, 1.54) is 6.08 Å². The lowest BCUT2D eigenvalue weighted by molar-refractivity contribution is -0.112. The van der Waals surface area contributed by atoms with Crippen molar-refractivity contribution >= 4 is 79.4 Å². The molecule has 3 aromatic carbocycles. The van der Waals surface area contributed by atoms with E-state index < -0.39 is 5.91 Å². The average molecular weight is 642 g/mol. The highest BCUT2D eigenvalue weighted by Crippen LogP contribution is 2.34. The molecule has 0 atom stereocenters. The Morgan fingerprint density at radius 3 is 2.66 bits per heavy atom. The molecule has 0 heterocycles. The molecule has 0 radical (unpaired) electrons. The Kier molecular flexibility index (Phi) is 8.60.